The van der Waals surface area contributed by atoms with Gasteiger partial charge in [0.2, 0.25) is 5.95 Å². The number of hydrogen-bond donors (Lipinski definition) is 2. The van der Waals surface area contributed by atoms with E-state index in [4.69, 9.17) is 0 Å². The molecule has 10 heteroatoms. The lowest BCUT2D eigenvalue weighted by molar-refractivity contribution is 0.602. The smallest absolute Gasteiger partial charge is 0.223 e. The summed E-state index contributed by atoms with van der Waals surface area (Å²) in [4.78, 5) is 17.4. The van der Waals surface area contributed by atoms with Crippen LogP contribution in [0.5, 0.6) is 0 Å². The summed E-state index contributed by atoms with van der Waals surface area (Å²) in [7, 11) is -3.04. The zero-order chi connectivity index (χ0) is 18.7. The zero-order valence-electron chi connectivity index (χ0n) is 14.8. The molecule has 3 heterocycles. The minimum absolute atomic E-state index is 0.0272. The van der Waals surface area contributed by atoms with Crippen LogP contribution in [0.1, 0.15) is 13.8 Å². The Morgan fingerprint density at radius 2 is 2.00 bits per heavy atom. The fraction of sp³-hybridized carbons (Fsp3) is 0.375. The van der Waals surface area contributed by atoms with E-state index in [1.807, 2.05) is 24.3 Å². The first kappa shape index (κ1) is 18.1. The highest BCUT2D eigenvalue weighted by molar-refractivity contribution is 7.90. The van der Waals surface area contributed by atoms with Gasteiger partial charge < -0.3 is 10.6 Å². The fourth-order valence-corrected chi connectivity index (χ4v) is 2.89. The summed E-state index contributed by atoms with van der Waals surface area (Å²) in [6.07, 6.45) is 8.03. The second-order valence-corrected chi connectivity index (χ2v) is 8.49. The maximum Gasteiger partial charge on any atom is 0.223 e. The molecule has 26 heavy (non-hydrogen) atoms. The number of nitrogens with zero attached hydrogens (tertiary/aromatic N) is 5. The molecule has 0 radical (unpaired) electrons. The van der Waals surface area contributed by atoms with E-state index in [1.165, 1.54) is 6.26 Å². The van der Waals surface area contributed by atoms with Gasteiger partial charge in [0, 0.05) is 37.4 Å². The molecule has 138 valence electrons. The number of sulfone groups is 1. The molecule has 0 aliphatic rings. The molecular weight excluding hydrogens is 354 g/mol. The lowest BCUT2D eigenvalue weighted by Crippen LogP contribution is -2.15. The number of imidazole rings is 1. The number of aromatic nitrogens is 5. The second-order valence-electron chi connectivity index (χ2n) is 6.23. The number of rotatable bonds is 7. The van der Waals surface area contributed by atoms with Crippen molar-refractivity contribution in [1.82, 2.24) is 24.3 Å². The van der Waals surface area contributed by atoms with Gasteiger partial charge in [0.1, 0.15) is 9.84 Å². The molecule has 0 spiro atoms. The summed E-state index contributed by atoms with van der Waals surface area (Å²) < 4.78 is 24.4. The van der Waals surface area contributed by atoms with Crippen LogP contribution in [-0.4, -0.2) is 57.3 Å². The minimum atomic E-state index is -3.04. The van der Waals surface area contributed by atoms with E-state index in [2.05, 4.69) is 30.6 Å². The molecule has 0 unspecified atom stereocenters. The van der Waals surface area contributed by atoms with E-state index in [0.717, 1.165) is 11.4 Å². The Balaban J connectivity index is 1.91. The number of hydrogen-bond acceptors (Lipinski definition) is 8. The molecule has 0 bridgehead atoms. The number of fused-ring (bicyclic) bond motifs is 1. The molecule has 0 saturated heterocycles. The van der Waals surface area contributed by atoms with Crippen LogP contribution >= 0.6 is 0 Å². The van der Waals surface area contributed by atoms with Gasteiger partial charge in [-0.05, 0) is 19.9 Å². The molecule has 0 aliphatic heterocycles. The topological polar surface area (TPSA) is 114 Å². The van der Waals surface area contributed by atoms with E-state index in [0.29, 0.717) is 17.4 Å². The maximum atomic E-state index is 11.3. The maximum absolute atomic E-state index is 11.3. The third kappa shape index (κ3) is 4.26. The third-order valence-corrected chi connectivity index (χ3v) is 4.47. The van der Waals surface area contributed by atoms with Crippen molar-refractivity contribution >= 4 is 27.3 Å². The predicted molar refractivity (Wildman–Crippen MR) is 101 cm³/mol. The molecule has 3 rings (SSSR count). The van der Waals surface area contributed by atoms with Gasteiger partial charge >= 0.3 is 0 Å². The average Bonchev–Trinajstić information content (AvgIpc) is 2.98. The largest absolute Gasteiger partial charge is 0.366 e. The fourth-order valence-electron chi connectivity index (χ4n) is 2.42. The molecular formula is C16H21N7O2S. The molecule has 0 saturated carbocycles. The first-order valence-corrected chi connectivity index (χ1v) is 10.2. The Labute approximate surface area is 151 Å². The van der Waals surface area contributed by atoms with E-state index in [-0.39, 0.29) is 18.3 Å². The normalized spacial score (nSPS) is 11.8. The van der Waals surface area contributed by atoms with E-state index in [9.17, 15) is 8.42 Å². The lowest BCUT2D eigenvalue weighted by Gasteiger charge is -2.09. The first-order valence-electron chi connectivity index (χ1n) is 8.17. The minimum Gasteiger partial charge on any atom is -0.366 e. The Morgan fingerprint density at radius 3 is 2.73 bits per heavy atom. The molecule has 0 fully saturated rings. The van der Waals surface area contributed by atoms with Gasteiger partial charge in [-0.3, -0.25) is 4.40 Å². The highest BCUT2D eigenvalue weighted by atomic mass is 32.2. The van der Waals surface area contributed by atoms with Crippen LogP contribution in [-0.2, 0) is 9.84 Å². The Morgan fingerprint density at radius 1 is 1.19 bits per heavy atom. The molecule has 0 atom stereocenters. The van der Waals surface area contributed by atoms with Crippen molar-refractivity contribution in [3.8, 4) is 11.4 Å². The molecule has 3 aromatic rings. The van der Waals surface area contributed by atoms with Crippen LogP contribution in [0.15, 0.2) is 30.9 Å². The molecule has 0 aromatic carbocycles. The van der Waals surface area contributed by atoms with E-state index < -0.39 is 9.84 Å². The second kappa shape index (κ2) is 7.24. The SMILES string of the molecule is CC(C)Nc1nccc(-c2cnc3c(NCCS(C)(=O)=O)nccn23)n1. The van der Waals surface area contributed by atoms with Crippen molar-refractivity contribution in [3.05, 3.63) is 30.9 Å². The standard InChI is InChI=1S/C16H21N7O2S/c1-11(2)21-16-19-5-4-12(22-16)13-10-20-15-14(17-6-8-23(13)15)18-7-9-26(3,24)25/h4-6,8,10-11H,7,9H2,1-3H3,(H,17,18)(H,19,21,22). The van der Waals surface area contributed by atoms with Gasteiger partial charge in [-0.2, -0.15) is 0 Å². The van der Waals surface area contributed by atoms with Gasteiger partial charge in [0.05, 0.1) is 23.3 Å². The van der Waals surface area contributed by atoms with Crippen LogP contribution < -0.4 is 10.6 Å². The Bertz CT molecular complexity index is 1010. The highest BCUT2D eigenvalue weighted by Crippen LogP contribution is 2.22. The van der Waals surface area contributed by atoms with Gasteiger partial charge in [-0.15, -0.1) is 0 Å². The van der Waals surface area contributed by atoms with Crippen LogP contribution in [0.4, 0.5) is 11.8 Å². The number of anilines is 2. The Hall–Kier alpha value is -2.75. The van der Waals surface area contributed by atoms with Gasteiger partial charge in [-0.25, -0.2) is 28.4 Å². The van der Waals surface area contributed by atoms with Crippen LogP contribution in [0, 0.1) is 0 Å². The average molecular weight is 375 g/mol. The van der Waals surface area contributed by atoms with Crippen molar-refractivity contribution in [2.75, 3.05) is 29.2 Å². The summed E-state index contributed by atoms with van der Waals surface area (Å²) in [6.45, 7) is 4.30. The van der Waals surface area contributed by atoms with Crippen molar-refractivity contribution in [3.63, 3.8) is 0 Å². The molecule has 9 nitrogen and oxygen atoms in total. The van der Waals surface area contributed by atoms with Crippen molar-refractivity contribution in [2.24, 2.45) is 0 Å². The van der Waals surface area contributed by atoms with E-state index in [1.54, 1.807) is 24.8 Å². The summed E-state index contributed by atoms with van der Waals surface area (Å²) in [5.74, 6) is 1.10. The van der Waals surface area contributed by atoms with Crippen LogP contribution in [0.3, 0.4) is 0 Å². The van der Waals surface area contributed by atoms with Crippen molar-refractivity contribution in [1.29, 1.82) is 0 Å². The monoisotopic (exact) mass is 375 g/mol. The summed E-state index contributed by atoms with van der Waals surface area (Å²) in [6, 6.07) is 2.04. The highest BCUT2D eigenvalue weighted by Gasteiger charge is 2.12. The summed E-state index contributed by atoms with van der Waals surface area (Å²) >= 11 is 0. The van der Waals surface area contributed by atoms with Crippen LogP contribution in [0.2, 0.25) is 0 Å². The van der Waals surface area contributed by atoms with Crippen molar-refractivity contribution < 1.29 is 8.42 Å². The van der Waals surface area contributed by atoms with E-state index >= 15 is 0 Å². The van der Waals surface area contributed by atoms with Crippen molar-refractivity contribution in [2.45, 2.75) is 19.9 Å². The quantitative estimate of drug-likeness (QED) is 0.638. The summed E-state index contributed by atoms with van der Waals surface area (Å²) in [5.41, 5.74) is 2.12. The summed E-state index contributed by atoms with van der Waals surface area (Å²) in [5, 5.41) is 6.20. The third-order valence-electron chi connectivity index (χ3n) is 3.53. The first-order chi connectivity index (χ1) is 12.3. The molecule has 0 amide bonds. The number of nitrogens with one attached hydrogen (secondary N) is 2. The van der Waals surface area contributed by atoms with Crippen LogP contribution in [0.25, 0.3) is 17.0 Å². The van der Waals surface area contributed by atoms with Gasteiger partial charge in [-0.1, -0.05) is 0 Å². The molecule has 0 aliphatic carbocycles. The van der Waals surface area contributed by atoms with Gasteiger partial charge in [0.25, 0.3) is 0 Å². The Kier molecular flexibility index (Phi) is 5.03. The molecule has 2 N–H and O–H groups in total. The van der Waals surface area contributed by atoms with Gasteiger partial charge in [0.15, 0.2) is 11.5 Å². The lowest BCUT2D eigenvalue weighted by atomic mass is 10.3. The predicted octanol–water partition coefficient (Wildman–Crippen LogP) is 1.46. The molecule has 3 aromatic heterocycles. The zero-order valence-corrected chi connectivity index (χ0v) is 15.7.